The van der Waals surface area contributed by atoms with Gasteiger partial charge in [0.15, 0.2) is 6.10 Å². The summed E-state index contributed by atoms with van der Waals surface area (Å²) in [4.78, 5) is 10.9. The average molecular weight is 144 g/mol. The van der Waals surface area contributed by atoms with Crippen LogP contribution in [0.4, 0.5) is 0 Å². The zero-order chi connectivity index (χ0) is 7.56. The molecule has 2 atom stereocenters. The number of methoxy groups -OCH3 is 1. The minimum Gasteiger partial charge on any atom is -0.467 e. The monoisotopic (exact) mass is 144 g/mol. The van der Waals surface area contributed by atoms with E-state index >= 15 is 0 Å². The fourth-order valence-corrected chi connectivity index (χ4v) is 1.11. The van der Waals surface area contributed by atoms with Crippen LogP contribution in [0.15, 0.2) is 0 Å². The van der Waals surface area contributed by atoms with Gasteiger partial charge in [0.2, 0.25) is 0 Å². The number of rotatable bonds is 1. The average Bonchev–Trinajstić information content (AvgIpc) is 2.34. The van der Waals surface area contributed by atoms with Crippen molar-refractivity contribution in [2.45, 2.75) is 19.4 Å². The number of ether oxygens (including phenoxy) is 2. The molecule has 1 heterocycles. The van der Waals surface area contributed by atoms with E-state index in [1.165, 1.54) is 7.11 Å². The molecular formula is C7H12O3. The SMILES string of the molecule is COC(=O)[C@H]1OCC[C@@H]1C. The molecule has 10 heavy (non-hydrogen) atoms. The molecular weight excluding hydrogens is 132 g/mol. The van der Waals surface area contributed by atoms with Crippen LogP contribution in [-0.4, -0.2) is 25.8 Å². The van der Waals surface area contributed by atoms with Crippen molar-refractivity contribution < 1.29 is 14.3 Å². The first kappa shape index (κ1) is 7.54. The summed E-state index contributed by atoms with van der Waals surface area (Å²) < 4.78 is 9.68. The molecule has 0 amide bonds. The number of carbonyl (C=O) groups is 1. The minimum atomic E-state index is -0.315. The molecule has 0 aromatic heterocycles. The summed E-state index contributed by atoms with van der Waals surface area (Å²) in [5.41, 5.74) is 0. The van der Waals surface area contributed by atoms with Gasteiger partial charge >= 0.3 is 5.97 Å². The Hall–Kier alpha value is -0.570. The molecule has 0 aliphatic carbocycles. The van der Waals surface area contributed by atoms with Crippen molar-refractivity contribution in [3.8, 4) is 0 Å². The molecule has 3 nitrogen and oxygen atoms in total. The summed E-state index contributed by atoms with van der Waals surface area (Å²) in [5.74, 6) is 0.0671. The lowest BCUT2D eigenvalue weighted by Crippen LogP contribution is -2.26. The summed E-state index contributed by atoms with van der Waals surface area (Å²) in [6.07, 6.45) is 0.643. The van der Waals surface area contributed by atoms with Crippen molar-refractivity contribution >= 4 is 5.97 Å². The van der Waals surface area contributed by atoms with Gasteiger partial charge in [0.05, 0.1) is 7.11 Å². The maximum absolute atomic E-state index is 10.9. The van der Waals surface area contributed by atoms with Crippen molar-refractivity contribution in [1.29, 1.82) is 0 Å². The number of esters is 1. The normalized spacial score (nSPS) is 32.2. The first-order chi connectivity index (χ1) is 4.75. The predicted molar refractivity (Wildman–Crippen MR) is 35.5 cm³/mol. The summed E-state index contributed by atoms with van der Waals surface area (Å²) in [6, 6.07) is 0. The van der Waals surface area contributed by atoms with Crippen LogP contribution in [-0.2, 0) is 14.3 Å². The second kappa shape index (κ2) is 3.01. The molecule has 0 aromatic carbocycles. The maximum atomic E-state index is 10.9. The van der Waals surface area contributed by atoms with Crippen LogP contribution in [0.5, 0.6) is 0 Å². The van der Waals surface area contributed by atoms with Crippen LogP contribution in [0.3, 0.4) is 0 Å². The predicted octanol–water partition coefficient (Wildman–Crippen LogP) is 0.584. The van der Waals surface area contributed by atoms with Gasteiger partial charge in [-0.2, -0.15) is 0 Å². The smallest absolute Gasteiger partial charge is 0.335 e. The van der Waals surface area contributed by atoms with Crippen LogP contribution in [0.2, 0.25) is 0 Å². The number of hydrogen-bond acceptors (Lipinski definition) is 3. The fourth-order valence-electron chi connectivity index (χ4n) is 1.11. The first-order valence-corrected chi connectivity index (χ1v) is 3.45. The van der Waals surface area contributed by atoms with E-state index in [1.807, 2.05) is 6.92 Å². The highest BCUT2D eigenvalue weighted by molar-refractivity contribution is 5.75. The van der Waals surface area contributed by atoms with Crippen molar-refractivity contribution in [1.82, 2.24) is 0 Å². The molecule has 58 valence electrons. The van der Waals surface area contributed by atoms with Crippen LogP contribution in [0.1, 0.15) is 13.3 Å². The van der Waals surface area contributed by atoms with Crippen LogP contribution < -0.4 is 0 Å². The third-order valence-corrected chi connectivity index (χ3v) is 1.82. The third kappa shape index (κ3) is 1.29. The quantitative estimate of drug-likeness (QED) is 0.505. The van der Waals surface area contributed by atoms with E-state index in [0.717, 1.165) is 6.42 Å². The van der Waals surface area contributed by atoms with Crippen molar-refractivity contribution in [3.05, 3.63) is 0 Å². The molecule has 0 spiro atoms. The van der Waals surface area contributed by atoms with E-state index in [2.05, 4.69) is 4.74 Å². The van der Waals surface area contributed by atoms with Gasteiger partial charge in [-0.05, 0) is 12.3 Å². The van der Waals surface area contributed by atoms with E-state index < -0.39 is 0 Å². The largest absolute Gasteiger partial charge is 0.467 e. The molecule has 1 saturated heterocycles. The topological polar surface area (TPSA) is 35.5 Å². The van der Waals surface area contributed by atoms with Gasteiger partial charge in [0.25, 0.3) is 0 Å². The van der Waals surface area contributed by atoms with E-state index in [9.17, 15) is 4.79 Å². The molecule has 0 saturated carbocycles. The lowest BCUT2D eigenvalue weighted by Gasteiger charge is -2.10. The Labute approximate surface area is 60.3 Å². The second-order valence-corrected chi connectivity index (χ2v) is 2.58. The molecule has 1 rings (SSSR count). The Balaban J connectivity index is 2.46. The standard InChI is InChI=1S/C7H12O3/c1-5-3-4-10-6(5)7(8)9-2/h5-6H,3-4H2,1-2H3/t5-,6-/m0/s1. The van der Waals surface area contributed by atoms with Gasteiger partial charge in [0, 0.05) is 6.61 Å². The summed E-state index contributed by atoms with van der Waals surface area (Å²) in [5, 5.41) is 0. The lowest BCUT2D eigenvalue weighted by atomic mass is 10.1. The Morgan fingerprint density at radius 3 is 2.80 bits per heavy atom. The van der Waals surface area contributed by atoms with Gasteiger partial charge in [-0.25, -0.2) is 4.79 Å². The van der Waals surface area contributed by atoms with Crippen molar-refractivity contribution in [3.63, 3.8) is 0 Å². The molecule has 0 radical (unpaired) electrons. The summed E-state index contributed by atoms with van der Waals surface area (Å²) in [6.45, 7) is 2.68. The molecule has 0 bridgehead atoms. The highest BCUT2D eigenvalue weighted by atomic mass is 16.6. The molecule has 0 unspecified atom stereocenters. The van der Waals surface area contributed by atoms with Gasteiger partial charge in [0.1, 0.15) is 0 Å². The lowest BCUT2D eigenvalue weighted by molar-refractivity contribution is -0.152. The summed E-state index contributed by atoms with van der Waals surface area (Å²) in [7, 11) is 1.39. The fraction of sp³-hybridized carbons (Fsp3) is 0.857. The molecule has 3 heteroatoms. The maximum Gasteiger partial charge on any atom is 0.335 e. The second-order valence-electron chi connectivity index (χ2n) is 2.58. The molecule has 1 aliphatic rings. The highest BCUT2D eigenvalue weighted by Gasteiger charge is 2.31. The van der Waals surface area contributed by atoms with Crippen LogP contribution in [0.25, 0.3) is 0 Å². The summed E-state index contributed by atoms with van der Waals surface area (Å²) >= 11 is 0. The Morgan fingerprint density at radius 1 is 1.70 bits per heavy atom. The molecule has 0 N–H and O–H groups in total. The zero-order valence-corrected chi connectivity index (χ0v) is 6.29. The number of carbonyl (C=O) groups excluding carboxylic acids is 1. The molecule has 1 aliphatic heterocycles. The van der Waals surface area contributed by atoms with E-state index in [0.29, 0.717) is 12.5 Å². The van der Waals surface area contributed by atoms with E-state index in [1.54, 1.807) is 0 Å². The van der Waals surface area contributed by atoms with E-state index in [-0.39, 0.29) is 12.1 Å². The Kier molecular flexibility index (Phi) is 2.27. The zero-order valence-electron chi connectivity index (χ0n) is 6.29. The van der Waals surface area contributed by atoms with E-state index in [4.69, 9.17) is 4.74 Å². The Morgan fingerprint density at radius 2 is 2.40 bits per heavy atom. The van der Waals surface area contributed by atoms with Crippen molar-refractivity contribution in [2.75, 3.05) is 13.7 Å². The highest BCUT2D eigenvalue weighted by Crippen LogP contribution is 2.20. The van der Waals surface area contributed by atoms with Crippen LogP contribution >= 0.6 is 0 Å². The van der Waals surface area contributed by atoms with Gasteiger partial charge in [-0.3, -0.25) is 0 Å². The molecule has 1 fully saturated rings. The Bertz CT molecular complexity index is 133. The van der Waals surface area contributed by atoms with Gasteiger partial charge < -0.3 is 9.47 Å². The van der Waals surface area contributed by atoms with Crippen molar-refractivity contribution in [2.24, 2.45) is 5.92 Å². The van der Waals surface area contributed by atoms with Gasteiger partial charge in [-0.1, -0.05) is 6.92 Å². The minimum absolute atomic E-state index is 0.245. The third-order valence-electron chi connectivity index (χ3n) is 1.82. The first-order valence-electron chi connectivity index (χ1n) is 3.45. The molecule has 0 aromatic rings. The van der Waals surface area contributed by atoms with Crippen LogP contribution in [0, 0.1) is 5.92 Å². The van der Waals surface area contributed by atoms with Gasteiger partial charge in [-0.15, -0.1) is 0 Å². The number of hydrogen-bond donors (Lipinski definition) is 0.